The van der Waals surface area contributed by atoms with E-state index in [9.17, 15) is 4.39 Å². The van der Waals surface area contributed by atoms with Crippen LogP contribution in [0.3, 0.4) is 0 Å². The fourth-order valence-corrected chi connectivity index (χ4v) is 6.49. The largest absolute Gasteiger partial charge is 0.309 e. The van der Waals surface area contributed by atoms with Gasteiger partial charge in [0.15, 0.2) is 0 Å². The van der Waals surface area contributed by atoms with Crippen LogP contribution in [-0.4, -0.2) is 4.57 Å². The zero-order valence-electron chi connectivity index (χ0n) is 17.9. The van der Waals surface area contributed by atoms with Crippen LogP contribution in [0.5, 0.6) is 0 Å². The average molecular weight is 478 g/mol. The van der Waals surface area contributed by atoms with Gasteiger partial charge in [0, 0.05) is 47.8 Å². The number of hydrogen-bond donors (Lipinski definition) is 0. The molecule has 0 aliphatic rings. The molecule has 0 saturated heterocycles. The Morgan fingerprint density at radius 1 is 0.618 bits per heavy atom. The molecule has 0 unspecified atom stereocenters. The first-order valence-corrected chi connectivity index (χ1v) is 12.3. The van der Waals surface area contributed by atoms with Gasteiger partial charge in [0.2, 0.25) is 0 Å². The second-order valence-electron chi connectivity index (χ2n) is 8.44. The SMILES string of the molecule is Fc1cccc(-c2cc(-n3c4ccccc4c4ccccc43)cc3c2sc2ccccc23)c1Cl. The molecule has 162 valence electrons. The maximum atomic E-state index is 14.5. The third-order valence-corrected chi connectivity index (χ3v) is 8.15. The molecule has 2 aromatic heterocycles. The summed E-state index contributed by atoms with van der Waals surface area (Å²) >= 11 is 8.24. The smallest absolute Gasteiger partial charge is 0.142 e. The van der Waals surface area contributed by atoms with Crippen molar-refractivity contribution < 1.29 is 4.39 Å². The van der Waals surface area contributed by atoms with Gasteiger partial charge in [0.05, 0.1) is 16.1 Å². The number of benzene rings is 5. The van der Waals surface area contributed by atoms with Crippen LogP contribution in [0.25, 0.3) is 58.8 Å². The van der Waals surface area contributed by atoms with E-state index in [-0.39, 0.29) is 5.02 Å². The van der Waals surface area contributed by atoms with Crippen molar-refractivity contribution in [1.82, 2.24) is 4.57 Å². The van der Waals surface area contributed by atoms with Crippen LogP contribution in [0.2, 0.25) is 5.02 Å². The Bertz CT molecular complexity index is 1840. The molecule has 7 aromatic rings. The van der Waals surface area contributed by atoms with Crippen molar-refractivity contribution in [3.8, 4) is 16.8 Å². The summed E-state index contributed by atoms with van der Waals surface area (Å²) < 4.78 is 19.1. The van der Waals surface area contributed by atoms with E-state index in [1.54, 1.807) is 17.4 Å². The summed E-state index contributed by atoms with van der Waals surface area (Å²) in [5.74, 6) is -0.407. The van der Waals surface area contributed by atoms with E-state index in [2.05, 4.69) is 89.5 Å². The van der Waals surface area contributed by atoms with E-state index in [0.29, 0.717) is 5.56 Å². The van der Waals surface area contributed by atoms with E-state index in [0.717, 1.165) is 32.4 Å². The number of rotatable bonds is 2. The van der Waals surface area contributed by atoms with E-state index < -0.39 is 5.82 Å². The molecule has 0 fully saturated rings. The minimum atomic E-state index is -0.407. The quantitative estimate of drug-likeness (QED) is 0.233. The third-order valence-electron chi connectivity index (χ3n) is 6.54. The third kappa shape index (κ3) is 2.78. The van der Waals surface area contributed by atoms with Gasteiger partial charge in [-0.2, -0.15) is 0 Å². The Morgan fingerprint density at radius 3 is 2.00 bits per heavy atom. The van der Waals surface area contributed by atoms with Gasteiger partial charge in [-0.25, -0.2) is 4.39 Å². The zero-order chi connectivity index (χ0) is 22.8. The number of thiophene rings is 1. The lowest BCUT2D eigenvalue weighted by Gasteiger charge is -2.13. The predicted molar refractivity (Wildman–Crippen MR) is 144 cm³/mol. The van der Waals surface area contributed by atoms with E-state index in [1.165, 1.54) is 26.9 Å². The highest BCUT2D eigenvalue weighted by atomic mass is 35.5. The molecule has 34 heavy (non-hydrogen) atoms. The molecular formula is C30H17ClFNS. The Hall–Kier alpha value is -3.66. The van der Waals surface area contributed by atoms with Crippen molar-refractivity contribution in [1.29, 1.82) is 0 Å². The molecule has 0 bridgehead atoms. The van der Waals surface area contributed by atoms with E-state index in [1.807, 2.05) is 6.07 Å². The molecule has 1 nitrogen and oxygen atoms in total. The highest BCUT2D eigenvalue weighted by Gasteiger charge is 2.18. The summed E-state index contributed by atoms with van der Waals surface area (Å²) in [5.41, 5.74) is 4.96. The molecule has 0 aliphatic carbocycles. The number of para-hydroxylation sites is 2. The Kier molecular flexibility index (Phi) is 4.32. The first-order chi connectivity index (χ1) is 16.7. The molecule has 0 aliphatic heterocycles. The van der Waals surface area contributed by atoms with Crippen molar-refractivity contribution in [3.63, 3.8) is 0 Å². The minimum absolute atomic E-state index is 0.153. The van der Waals surface area contributed by atoms with Crippen LogP contribution in [0, 0.1) is 5.82 Å². The lowest BCUT2D eigenvalue weighted by molar-refractivity contribution is 0.629. The van der Waals surface area contributed by atoms with Crippen LogP contribution in [0.1, 0.15) is 0 Å². The second kappa shape index (κ2) is 7.42. The highest BCUT2D eigenvalue weighted by Crippen LogP contribution is 2.44. The van der Waals surface area contributed by atoms with Crippen LogP contribution in [0.4, 0.5) is 4.39 Å². The summed E-state index contributed by atoms with van der Waals surface area (Å²) in [5, 5.41) is 4.91. The van der Waals surface area contributed by atoms with Crippen LogP contribution < -0.4 is 0 Å². The number of hydrogen-bond acceptors (Lipinski definition) is 1. The highest BCUT2D eigenvalue weighted by molar-refractivity contribution is 7.26. The molecule has 0 amide bonds. The van der Waals surface area contributed by atoms with Crippen LogP contribution in [0.15, 0.2) is 103 Å². The van der Waals surface area contributed by atoms with Gasteiger partial charge < -0.3 is 4.57 Å². The zero-order valence-corrected chi connectivity index (χ0v) is 19.5. The van der Waals surface area contributed by atoms with Gasteiger partial charge in [-0.15, -0.1) is 11.3 Å². The van der Waals surface area contributed by atoms with Gasteiger partial charge in [-0.3, -0.25) is 0 Å². The first kappa shape index (κ1) is 19.8. The van der Waals surface area contributed by atoms with Crippen molar-refractivity contribution in [2.75, 3.05) is 0 Å². The Morgan fingerprint density at radius 2 is 1.26 bits per heavy atom. The maximum Gasteiger partial charge on any atom is 0.142 e. The molecule has 0 spiro atoms. The second-order valence-corrected chi connectivity index (χ2v) is 9.87. The molecular weight excluding hydrogens is 461 g/mol. The number of aromatic nitrogens is 1. The number of fused-ring (bicyclic) bond motifs is 6. The van der Waals surface area contributed by atoms with Gasteiger partial charge in [0.1, 0.15) is 5.82 Å². The maximum absolute atomic E-state index is 14.5. The monoisotopic (exact) mass is 477 g/mol. The van der Waals surface area contributed by atoms with E-state index >= 15 is 0 Å². The van der Waals surface area contributed by atoms with Crippen LogP contribution in [-0.2, 0) is 0 Å². The molecule has 0 saturated carbocycles. The van der Waals surface area contributed by atoms with Crippen molar-refractivity contribution >= 4 is 64.9 Å². The molecule has 2 heterocycles. The number of halogens is 2. The average Bonchev–Trinajstić information content (AvgIpc) is 3.41. The lowest BCUT2D eigenvalue weighted by Crippen LogP contribution is -1.95. The summed E-state index contributed by atoms with van der Waals surface area (Å²) in [4.78, 5) is 0. The normalized spacial score (nSPS) is 11.8. The van der Waals surface area contributed by atoms with Crippen molar-refractivity contribution in [2.24, 2.45) is 0 Å². The van der Waals surface area contributed by atoms with Gasteiger partial charge in [0.25, 0.3) is 0 Å². The Balaban J connectivity index is 1.67. The summed E-state index contributed by atoms with van der Waals surface area (Å²) in [6, 6.07) is 34.8. The predicted octanol–water partition coefficient (Wildman–Crippen LogP) is 9.61. The summed E-state index contributed by atoms with van der Waals surface area (Å²) in [6.07, 6.45) is 0. The number of nitrogens with zero attached hydrogens (tertiary/aromatic N) is 1. The van der Waals surface area contributed by atoms with Crippen molar-refractivity contribution in [3.05, 3.63) is 114 Å². The fraction of sp³-hybridized carbons (Fsp3) is 0. The molecule has 0 radical (unpaired) electrons. The molecule has 4 heteroatoms. The molecule has 0 N–H and O–H groups in total. The van der Waals surface area contributed by atoms with Gasteiger partial charge >= 0.3 is 0 Å². The topological polar surface area (TPSA) is 4.93 Å². The molecule has 0 atom stereocenters. The Labute approximate surface area is 204 Å². The molecule has 7 rings (SSSR count). The summed E-state index contributed by atoms with van der Waals surface area (Å²) in [6.45, 7) is 0. The minimum Gasteiger partial charge on any atom is -0.309 e. The molecule has 5 aromatic carbocycles. The van der Waals surface area contributed by atoms with Crippen molar-refractivity contribution in [2.45, 2.75) is 0 Å². The van der Waals surface area contributed by atoms with Crippen LogP contribution >= 0.6 is 22.9 Å². The standard InChI is InChI=1S/C30H17ClFNS/c31-29-22(11-7-12-25(29)32)24-17-18(16-23-21-10-3-6-15-28(21)34-30(23)24)33-26-13-4-1-8-19(26)20-9-2-5-14-27(20)33/h1-17H. The van der Waals surface area contributed by atoms with Gasteiger partial charge in [-0.05, 0) is 36.4 Å². The van der Waals surface area contributed by atoms with E-state index in [4.69, 9.17) is 11.6 Å². The summed E-state index contributed by atoms with van der Waals surface area (Å²) in [7, 11) is 0. The fourth-order valence-electron chi connectivity index (χ4n) is 5.05. The first-order valence-electron chi connectivity index (χ1n) is 11.1. The van der Waals surface area contributed by atoms with Gasteiger partial charge in [-0.1, -0.05) is 78.3 Å². The lowest BCUT2D eigenvalue weighted by atomic mass is 10.0.